The van der Waals surface area contributed by atoms with Gasteiger partial charge in [-0.25, -0.2) is 4.79 Å². The lowest BCUT2D eigenvalue weighted by atomic mass is 10.1. The van der Waals surface area contributed by atoms with Crippen molar-refractivity contribution in [3.63, 3.8) is 0 Å². The zero-order chi connectivity index (χ0) is 13.8. The fourth-order valence-corrected chi connectivity index (χ4v) is 2.67. The van der Waals surface area contributed by atoms with Gasteiger partial charge in [-0.15, -0.1) is 0 Å². The van der Waals surface area contributed by atoms with E-state index in [2.05, 4.69) is 21.2 Å². The summed E-state index contributed by atoms with van der Waals surface area (Å²) in [6, 6.07) is 5.04. The van der Waals surface area contributed by atoms with Gasteiger partial charge in [-0.3, -0.25) is 0 Å². The summed E-state index contributed by atoms with van der Waals surface area (Å²) in [5, 5.41) is 3.83. The van der Waals surface area contributed by atoms with Crippen LogP contribution in [0, 0.1) is 5.92 Å². The molecule has 2 rings (SSSR count). The quantitative estimate of drug-likeness (QED) is 0.798. The molecule has 1 aromatic carbocycles. The SMILES string of the molecule is CCOC(=O)C(NCC1CC1)c1ccc(Br)cc1Cl. The number of halogens is 2. The van der Waals surface area contributed by atoms with E-state index in [-0.39, 0.29) is 5.97 Å². The highest BCUT2D eigenvalue weighted by atomic mass is 79.9. The lowest BCUT2D eigenvalue weighted by Crippen LogP contribution is -2.32. The van der Waals surface area contributed by atoms with Gasteiger partial charge < -0.3 is 10.1 Å². The highest BCUT2D eigenvalue weighted by Crippen LogP contribution is 2.31. The van der Waals surface area contributed by atoms with Crippen LogP contribution in [0.2, 0.25) is 5.02 Å². The Morgan fingerprint density at radius 2 is 2.32 bits per heavy atom. The molecule has 19 heavy (non-hydrogen) atoms. The molecule has 5 heteroatoms. The number of ether oxygens (including phenoxy) is 1. The predicted octanol–water partition coefficient (Wildman–Crippen LogP) is 3.71. The van der Waals surface area contributed by atoms with Gasteiger partial charge in [0.05, 0.1) is 6.61 Å². The summed E-state index contributed by atoms with van der Waals surface area (Å²) in [5.41, 5.74) is 0.768. The van der Waals surface area contributed by atoms with Crippen molar-refractivity contribution in [2.24, 2.45) is 5.92 Å². The predicted molar refractivity (Wildman–Crippen MR) is 79.3 cm³/mol. The average Bonchev–Trinajstić information content (AvgIpc) is 3.16. The van der Waals surface area contributed by atoms with Crippen LogP contribution in [0.1, 0.15) is 31.4 Å². The summed E-state index contributed by atoms with van der Waals surface area (Å²) in [7, 11) is 0. The summed E-state index contributed by atoms with van der Waals surface area (Å²) >= 11 is 9.59. The van der Waals surface area contributed by atoms with Crippen LogP contribution in [0.15, 0.2) is 22.7 Å². The summed E-state index contributed by atoms with van der Waals surface area (Å²) in [6.07, 6.45) is 2.47. The maximum absolute atomic E-state index is 12.1. The van der Waals surface area contributed by atoms with E-state index in [0.29, 0.717) is 17.5 Å². The van der Waals surface area contributed by atoms with Crippen LogP contribution in [0.3, 0.4) is 0 Å². The fourth-order valence-electron chi connectivity index (χ4n) is 1.89. The Labute approximate surface area is 126 Å². The van der Waals surface area contributed by atoms with E-state index in [1.807, 2.05) is 12.1 Å². The normalized spacial score (nSPS) is 16.2. The zero-order valence-electron chi connectivity index (χ0n) is 10.8. The third kappa shape index (κ3) is 4.20. The van der Waals surface area contributed by atoms with Crippen molar-refractivity contribution in [2.45, 2.75) is 25.8 Å². The highest BCUT2D eigenvalue weighted by Gasteiger charge is 2.28. The molecule has 1 aromatic rings. The van der Waals surface area contributed by atoms with Gasteiger partial charge in [-0.2, -0.15) is 0 Å². The molecule has 1 N–H and O–H groups in total. The van der Waals surface area contributed by atoms with Gasteiger partial charge in [0.1, 0.15) is 6.04 Å². The average molecular weight is 347 g/mol. The first-order chi connectivity index (χ1) is 9.11. The molecule has 0 heterocycles. The molecule has 0 spiro atoms. The second-order valence-corrected chi connectivity index (χ2v) is 6.03. The molecule has 0 radical (unpaired) electrons. The molecule has 0 saturated heterocycles. The molecule has 104 valence electrons. The first kappa shape index (κ1) is 14.8. The molecule has 1 aliphatic rings. The zero-order valence-corrected chi connectivity index (χ0v) is 13.1. The summed E-state index contributed by atoms with van der Waals surface area (Å²) in [6.45, 7) is 3.00. The summed E-state index contributed by atoms with van der Waals surface area (Å²) in [5.74, 6) is 0.415. The standard InChI is InChI=1S/C14H17BrClNO2/c1-2-19-14(18)13(17-8-9-3-4-9)11-6-5-10(15)7-12(11)16/h5-7,9,13,17H,2-4,8H2,1H3. The molecule has 0 amide bonds. The largest absolute Gasteiger partial charge is 0.465 e. The number of carbonyl (C=O) groups excluding carboxylic acids is 1. The van der Waals surface area contributed by atoms with Gasteiger partial charge >= 0.3 is 5.97 Å². The molecular formula is C14H17BrClNO2. The van der Waals surface area contributed by atoms with Crippen LogP contribution < -0.4 is 5.32 Å². The van der Waals surface area contributed by atoms with Gasteiger partial charge in [0.2, 0.25) is 0 Å². The topological polar surface area (TPSA) is 38.3 Å². The van der Waals surface area contributed by atoms with E-state index in [9.17, 15) is 4.79 Å². The lowest BCUT2D eigenvalue weighted by Gasteiger charge is -2.19. The Balaban J connectivity index is 2.15. The number of esters is 1. The van der Waals surface area contributed by atoms with Gasteiger partial charge in [0, 0.05) is 9.50 Å². The van der Waals surface area contributed by atoms with Crippen molar-refractivity contribution in [3.05, 3.63) is 33.3 Å². The Kier molecular flexibility index (Phi) is 5.25. The fraction of sp³-hybridized carbons (Fsp3) is 0.500. The van der Waals surface area contributed by atoms with E-state index < -0.39 is 6.04 Å². The van der Waals surface area contributed by atoms with Crippen LogP contribution in [-0.4, -0.2) is 19.1 Å². The van der Waals surface area contributed by atoms with Crippen LogP contribution in [0.25, 0.3) is 0 Å². The molecule has 1 aliphatic carbocycles. The maximum atomic E-state index is 12.1. The summed E-state index contributed by atoms with van der Waals surface area (Å²) in [4.78, 5) is 12.1. The Morgan fingerprint density at radius 1 is 1.58 bits per heavy atom. The van der Waals surface area contributed by atoms with E-state index in [0.717, 1.165) is 16.6 Å². The molecule has 1 saturated carbocycles. The smallest absolute Gasteiger partial charge is 0.327 e. The number of hydrogen-bond acceptors (Lipinski definition) is 3. The van der Waals surface area contributed by atoms with Crippen LogP contribution >= 0.6 is 27.5 Å². The van der Waals surface area contributed by atoms with Crippen molar-refractivity contribution in [3.8, 4) is 0 Å². The molecular weight excluding hydrogens is 330 g/mol. The Bertz CT molecular complexity index is 463. The molecule has 1 unspecified atom stereocenters. The van der Waals surface area contributed by atoms with Crippen molar-refractivity contribution < 1.29 is 9.53 Å². The molecule has 1 fully saturated rings. The van der Waals surface area contributed by atoms with Crippen molar-refractivity contribution >= 4 is 33.5 Å². The van der Waals surface area contributed by atoms with E-state index in [1.54, 1.807) is 13.0 Å². The molecule has 0 bridgehead atoms. The third-order valence-corrected chi connectivity index (χ3v) is 3.92. The van der Waals surface area contributed by atoms with Crippen molar-refractivity contribution in [1.29, 1.82) is 0 Å². The minimum atomic E-state index is -0.485. The van der Waals surface area contributed by atoms with Crippen LogP contribution in [0.4, 0.5) is 0 Å². The Morgan fingerprint density at radius 3 is 2.89 bits per heavy atom. The number of nitrogens with one attached hydrogen (secondary N) is 1. The molecule has 0 aromatic heterocycles. The lowest BCUT2D eigenvalue weighted by molar-refractivity contribution is -0.145. The molecule has 0 aliphatic heterocycles. The Hall–Kier alpha value is -0.580. The van der Waals surface area contributed by atoms with Gasteiger partial charge in [0.15, 0.2) is 0 Å². The van der Waals surface area contributed by atoms with Crippen molar-refractivity contribution in [2.75, 3.05) is 13.2 Å². The number of rotatable bonds is 6. The first-order valence-corrected chi connectivity index (χ1v) is 7.64. The summed E-state index contributed by atoms with van der Waals surface area (Å²) < 4.78 is 6.02. The van der Waals surface area contributed by atoms with Crippen LogP contribution in [0.5, 0.6) is 0 Å². The van der Waals surface area contributed by atoms with Crippen LogP contribution in [-0.2, 0) is 9.53 Å². The molecule has 3 nitrogen and oxygen atoms in total. The number of hydrogen-bond donors (Lipinski definition) is 1. The first-order valence-electron chi connectivity index (χ1n) is 6.46. The molecule has 1 atom stereocenters. The second kappa shape index (κ2) is 6.73. The van der Waals surface area contributed by atoms with Gasteiger partial charge in [-0.05, 0) is 49.9 Å². The number of benzene rings is 1. The van der Waals surface area contributed by atoms with E-state index in [1.165, 1.54) is 12.8 Å². The minimum absolute atomic E-state index is 0.271. The van der Waals surface area contributed by atoms with E-state index >= 15 is 0 Å². The minimum Gasteiger partial charge on any atom is -0.465 e. The maximum Gasteiger partial charge on any atom is 0.327 e. The van der Waals surface area contributed by atoms with Crippen molar-refractivity contribution in [1.82, 2.24) is 5.32 Å². The monoisotopic (exact) mass is 345 g/mol. The third-order valence-electron chi connectivity index (χ3n) is 3.10. The second-order valence-electron chi connectivity index (χ2n) is 4.70. The highest BCUT2D eigenvalue weighted by molar-refractivity contribution is 9.10. The van der Waals surface area contributed by atoms with E-state index in [4.69, 9.17) is 16.3 Å². The number of carbonyl (C=O) groups is 1. The van der Waals surface area contributed by atoms with Gasteiger partial charge in [-0.1, -0.05) is 33.6 Å². The van der Waals surface area contributed by atoms with Gasteiger partial charge in [0.25, 0.3) is 0 Å².